The maximum atomic E-state index is 13.1. The lowest BCUT2D eigenvalue weighted by atomic mass is 9.78. The zero-order chi connectivity index (χ0) is 21.3. The molecule has 1 aliphatic heterocycles. The molecule has 0 atom stereocenters. The molecule has 1 heterocycles. The van der Waals surface area contributed by atoms with Gasteiger partial charge in [-0.25, -0.2) is 0 Å². The van der Waals surface area contributed by atoms with Crippen LogP contribution in [0.1, 0.15) is 56.1 Å². The molecule has 0 amide bonds. The summed E-state index contributed by atoms with van der Waals surface area (Å²) in [4.78, 5) is 22.5. The highest BCUT2D eigenvalue weighted by atomic mass is 32.2. The van der Waals surface area contributed by atoms with Gasteiger partial charge in [-0.05, 0) is 56.9 Å². The standard InChI is InChI=1S/C19H22BF3O4S/c1-12(25)28-11-16(20-26-17(2,3)18(4,5)27-20)9-13-6-14(10-24)8-15(7-13)19(21,22)23/h6-10H,11H2,1-5H3. The van der Waals surface area contributed by atoms with Crippen LogP contribution in [0, 0.1) is 0 Å². The van der Waals surface area contributed by atoms with Crippen molar-refractivity contribution in [2.75, 3.05) is 5.75 Å². The van der Waals surface area contributed by atoms with Gasteiger partial charge in [-0.15, -0.1) is 0 Å². The second-order valence-electron chi connectivity index (χ2n) is 7.59. The van der Waals surface area contributed by atoms with Gasteiger partial charge in [-0.3, -0.25) is 9.59 Å². The molecule has 28 heavy (non-hydrogen) atoms. The molecule has 0 radical (unpaired) electrons. The predicted molar refractivity (Wildman–Crippen MR) is 104 cm³/mol. The van der Waals surface area contributed by atoms with Gasteiger partial charge in [-0.2, -0.15) is 13.2 Å². The average Bonchev–Trinajstić information content (AvgIpc) is 2.77. The predicted octanol–water partition coefficient (Wildman–Crippen LogP) is 4.81. The van der Waals surface area contributed by atoms with Crippen molar-refractivity contribution in [2.24, 2.45) is 0 Å². The second-order valence-corrected chi connectivity index (χ2v) is 8.74. The zero-order valence-corrected chi connectivity index (χ0v) is 17.2. The van der Waals surface area contributed by atoms with Gasteiger partial charge < -0.3 is 9.31 Å². The number of hydrogen-bond acceptors (Lipinski definition) is 5. The van der Waals surface area contributed by atoms with Crippen LogP contribution in [0.25, 0.3) is 6.08 Å². The zero-order valence-electron chi connectivity index (χ0n) is 16.3. The number of hydrogen-bond donors (Lipinski definition) is 0. The first-order valence-electron chi connectivity index (χ1n) is 8.62. The Balaban J connectivity index is 2.48. The van der Waals surface area contributed by atoms with Crippen LogP contribution in [0.4, 0.5) is 13.2 Å². The van der Waals surface area contributed by atoms with Crippen LogP contribution < -0.4 is 0 Å². The fourth-order valence-electron chi connectivity index (χ4n) is 2.56. The molecule has 0 aliphatic carbocycles. The molecule has 0 N–H and O–H groups in total. The lowest BCUT2D eigenvalue weighted by molar-refractivity contribution is -0.137. The number of halogens is 3. The molecule has 0 spiro atoms. The van der Waals surface area contributed by atoms with E-state index >= 15 is 0 Å². The Hall–Kier alpha value is -1.58. The van der Waals surface area contributed by atoms with E-state index in [9.17, 15) is 22.8 Å². The minimum Gasteiger partial charge on any atom is -0.400 e. The quantitative estimate of drug-likeness (QED) is 0.511. The van der Waals surface area contributed by atoms with Gasteiger partial charge in [0.05, 0.1) is 16.8 Å². The number of thioether (sulfide) groups is 1. The first-order valence-corrected chi connectivity index (χ1v) is 9.61. The molecule has 0 bridgehead atoms. The molecule has 0 saturated carbocycles. The van der Waals surface area contributed by atoms with Gasteiger partial charge in [0, 0.05) is 18.2 Å². The highest BCUT2D eigenvalue weighted by molar-refractivity contribution is 8.13. The summed E-state index contributed by atoms with van der Waals surface area (Å²) in [5, 5.41) is -0.139. The van der Waals surface area contributed by atoms with Crippen LogP contribution in [0.5, 0.6) is 0 Å². The Bertz CT molecular complexity index is 787. The third-order valence-corrected chi connectivity index (χ3v) is 5.68. The van der Waals surface area contributed by atoms with E-state index in [1.165, 1.54) is 19.1 Å². The maximum absolute atomic E-state index is 13.1. The minimum absolute atomic E-state index is 0.0893. The monoisotopic (exact) mass is 414 g/mol. The molecule has 4 nitrogen and oxygen atoms in total. The van der Waals surface area contributed by atoms with Crippen LogP contribution in [0.2, 0.25) is 0 Å². The molecule has 1 aromatic carbocycles. The normalized spacial score (nSPS) is 19.0. The number of alkyl halides is 3. The van der Waals surface area contributed by atoms with Gasteiger partial charge in [0.25, 0.3) is 0 Å². The number of benzene rings is 1. The fourth-order valence-corrected chi connectivity index (χ4v) is 3.15. The molecule has 1 aliphatic rings. The third kappa shape index (κ3) is 5.27. The summed E-state index contributed by atoms with van der Waals surface area (Å²) in [6, 6.07) is 3.10. The van der Waals surface area contributed by atoms with Crippen molar-refractivity contribution >= 4 is 36.4 Å². The molecule has 152 valence electrons. The highest BCUT2D eigenvalue weighted by Crippen LogP contribution is 2.39. The van der Waals surface area contributed by atoms with Crippen molar-refractivity contribution in [2.45, 2.75) is 52.0 Å². The summed E-state index contributed by atoms with van der Waals surface area (Å²) in [6.07, 6.45) is -2.73. The van der Waals surface area contributed by atoms with E-state index in [2.05, 4.69) is 0 Å². The summed E-state index contributed by atoms with van der Waals surface area (Å²) in [6.45, 7) is 8.84. The van der Waals surface area contributed by atoms with Crippen LogP contribution in [0.15, 0.2) is 23.7 Å². The molecule has 0 unspecified atom stereocenters. The average molecular weight is 414 g/mol. The number of carbonyl (C=O) groups excluding carboxylic acids is 2. The molecular formula is C19H22BF3O4S. The van der Waals surface area contributed by atoms with E-state index in [0.717, 1.165) is 23.9 Å². The van der Waals surface area contributed by atoms with E-state index in [4.69, 9.17) is 9.31 Å². The summed E-state index contributed by atoms with van der Waals surface area (Å²) in [5.41, 5.74) is -1.59. The van der Waals surface area contributed by atoms with E-state index in [0.29, 0.717) is 11.8 Å². The Morgan fingerprint density at radius 3 is 2.11 bits per heavy atom. The van der Waals surface area contributed by atoms with Gasteiger partial charge in [-0.1, -0.05) is 17.8 Å². The lowest BCUT2D eigenvalue weighted by Crippen LogP contribution is -2.41. The Kier molecular flexibility index (Phi) is 6.52. The van der Waals surface area contributed by atoms with Crippen LogP contribution >= 0.6 is 11.8 Å². The molecule has 1 aromatic rings. The van der Waals surface area contributed by atoms with E-state index in [1.54, 1.807) is 0 Å². The van der Waals surface area contributed by atoms with E-state index in [1.807, 2.05) is 27.7 Å². The largest absolute Gasteiger partial charge is 0.491 e. The Labute approximate surface area is 167 Å². The van der Waals surface area contributed by atoms with E-state index in [-0.39, 0.29) is 22.0 Å². The molecule has 9 heteroatoms. The van der Waals surface area contributed by atoms with Crippen molar-refractivity contribution in [3.63, 3.8) is 0 Å². The molecule has 0 aromatic heterocycles. The number of rotatable bonds is 5. The van der Waals surface area contributed by atoms with Crippen LogP contribution in [0.3, 0.4) is 0 Å². The second kappa shape index (κ2) is 8.04. The van der Waals surface area contributed by atoms with Gasteiger partial charge in [0.15, 0.2) is 5.12 Å². The summed E-state index contributed by atoms with van der Waals surface area (Å²) < 4.78 is 51.4. The van der Waals surface area contributed by atoms with Crippen molar-refractivity contribution < 1.29 is 32.1 Å². The lowest BCUT2D eigenvalue weighted by Gasteiger charge is -2.32. The smallest absolute Gasteiger partial charge is 0.400 e. The van der Waals surface area contributed by atoms with Crippen LogP contribution in [-0.2, 0) is 20.3 Å². The molecular weight excluding hydrogens is 392 g/mol. The fraction of sp³-hybridized carbons (Fsp3) is 0.474. The van der Waals surface area contributed by atoms with Crippen LogP contribution in [-0.4, -0.2) is 35.5 Å². The van der Waals surface area contributed by atoms with Crippen molar-refractivity contribution in [3.05, 3.63) is 40.4 Å². The molecule has 1 fully saturated rings. The minimum atomic E-state index is -4.58. The molecule has 1 saturated heterocycles. The maximum Gasteiger partial charge on any atom is 0.491 e. The van der Waals surface area contributed by atoms with E-state index < -0.39 is 30.1 Å². The van der Waals surface area contributed by atoms with Crippen molar-refractivity contribution in [3.8, 4) is 0 Å². The van der Waals surface area contributed by atoms with Crippen molar-refractivity contribution in [1.29, 1.82) is 0 Å². The summed E-state index contributed by atoms with van der Waals surface area (Å²) >= 11 is 1.01. The highest BCUT2D eigenvalue weighted by Gasteiger charge is 2.52. The van der Waals surface area contributed by atoms with Gasteiger partial charge >= 0.3 is 13.3 Å². The number of carbonyl (C=O) groups is 2. The summed E-state index contributed by atoms with van der Waals surface area (Å²) in [5.74, 6) is 0.193. The SMILES string of the molecule is CC(=O)SCC(=Cc1cc(C=O)cc(C(F)(F)F)c1)B1OC(C)(C)C(C)(C)O1. The molecule has 2 rings (SSSR count). The van der Waals surface area contributed by atoms with Crippen molar-refractivity contribution in [1.82, 2.24) is 0 Å². The Morgan fingerprint density at radius 2 is 1.64 bits per heavy atom. The topological polar surface area (TPSA) is 52.6 Å². The number of aldehydes is 1. The Morgan fingerprint density at radius 1 is 1.11 bits per heavy atom. The van der Waals surface area contributed by atoms with Gasteiger partial charge in [0.1, 0.15) is 6.29 Å². The third-order valence-electron chi connectivity index (χ3n) is 4.79. The first-order chi connectivity index (χ1) is 12.7. The summed E-state index contributed by atoms with van der Waals surface area (Å²) in [7, 11) is -0.814. The van der Waals surface area contributed by atoms with Gasteiger partial charge in [0.2, 0.25) is 0 Å². The first kappa shape index (κ1) is 22.7.